The van der Waals surface area contributed by atoms with Crippen molar-refractivity contribution in [2.75, 3.05) is 26.1 Å². The average Bonchev–Trinajstić information content (AvgIpc) is 3.11. The van der Waals surface area contributed by atoms with Gasteiger partial charge in [-0.05, 0) is 106 Å². The summed E-state index contributed by atoms with van der Waals surface area (Å²) in [4.78, 5) is 14.4. The molecule has 5 rings (SSSR count). The lowest BCUT2D eigenvalue weighted by atomic mass is 9.51. The molecule has 4 aliphatic carbocycles. The molecular formula is C33H43NO3. The van der Waals surface area contributed by atoms with Crippen molar-refractivity contribution < 1.29 is 14.6 Å². The van der Waals surface area contributed by atoms with Gasteiger partial charge in [-0.3, -0.25) is 4.79 Å². The van der Waals surface area contributed by atoms with Gasteiger partial charge in [-0.25, -0.2) is 0 Å². The van der Waals surface area contributed by atoms with Crippen molar-refractivity contribution in [3.8, 4) is 17.6 Å². The fraction of sp³-hybridized carbons (Fsp3) is 0.606. The lowest BCUT2D eigenvalue weighted by Crippen LogP contribution is -2.51. The molecule has 0 unspecified atom stereocenters. The summed E-state index contributed by atoms with van der Waals surface area (Å²) >= 11 is 0. The van der Waals surface area contributed by atoms with E-state index in [2.05, 4.69) is 62.6 Å². The number of ketones is 1. The second-order valence-corrected chi connectivity index (χ2v) is 13.2. The Labute approximate surface area is 223 Å². The van der Waals surface area contributed by atoms with E-state index in [1.54, 1.807) is 7.11 Å². The second-order valence-electron chi connectivity index (χ2n) is 13.2. The monoisotopic (exact) mass is 501 g/mol. The second kappa shape index (κ2) is 9.05. The number of allylic oxidation sites excluding steroid dienone is 4. The van der Waals surface area contributed by atoms with Gasteiger partial charge in [0.2, 0.25) is 0 Å². The third-order valence-electron chi connectivity index (χ3n) is 9.62. The topological polar surface area (TPSA) is 49.8 Å². The zero-order chi connectivity index (χ0) is 26.8. The molecule has 0 heterocycles. The molecule has 0 aliphatic heterocycles. The standard InChI is InChI=1S/C33H43NO3/c1-31(2,3)16-17-33(36)15-14-27-25-11-8-21-18-23(35)10-12-24(21)30(25)26(20-32(27,33)4)22-9-13-28(34(5)6)29(19-22)37-7/h9,13,18-19,25-27,36H,8,10-12,14-15,20H2,1-7H3/t25-,26+,27-,32-,33+/m0/s1. The number of benzene rings is 1. The Morgan fingerprint density at radius 3 is 2.57 bits per heavy atom. The van der Waals surface area contributed by atoms with Gasteiger partial charge >= 0.3 is 0 Å². The Bertz CT molecular complexity index is 1240. The van der Waals surface area contributed by atoms with Gasteiger partial charge in [0.25, 0.3) is 0 Å². The van der Waals surface area contributed by atoms with Crippen molar-refractivity contribution >= 4 is 11.5 Å². The van der Waals surface area contributed by atoms with Gasteiger partial charge in [0.05, 0.1) is 12.8 Å². The van der Waals surface area contributed by atoms with Gasteiger partial charge in [-0.2, -0.15) is 0 Å². The van der Waals surface area contributed by atoms with Gasteiger partial charge in [0.15, 0.2) is 5.78 Å². The molecule has 0 radical (unpaired) electrons. The highest BCUT2D eigenvalue weighted by Crippen LogP contribution is 2.66. The predicted octanol–water partition coefficient (Wildman–Crippen LogP) is 6.44. The van der Waals surface area contributed by atoms with Crippen LogP contribution < -0.4 is 9.64 Å². The molecule has 0 amide bonds. The number of fused-ring (bicyclic) bond motifs is 4. The Morgan fingerprint density at radius 2 is 1.89 bits per heavy atom. The maximum Gasteiger partial charge on any atom is 0.156 e. The highest BCUT2D eigenvalue weighted by atomic mass is 16.5. The number of methoxy groups -OCH3 is 1. The van der Waals surface area contributed by atoms with Gasteiger partial charge in [0.1, 0.15) is 11.4 Å². The van der Waals surface area contributed by atoms with Crippen LogP contribution in [0.25, 0.3) is 0 Å². The first-order valence-electron chi connectivity index (χ1n) is 14.0. The van der Waals surface area contributed by atoms with E-state index in [1.165, 1.54) is 22.3 Å². The summed E-state index contributed by atoms with van der Waals surface area (Å²) in [5, 5.41) is 12.2. The van der Waals surface area contributed by atoms with Crippen LogP contribution in [0.5, 0.6) is 5.75 Å². The third-order valence-corrected chi connectivity index (χ3v) is 9.62. The van der Waals surface area contributed by atoms with Crippen LogP contribution in [0.2, 0.25) is 0 Å². The molecule has 4 aliphatic rings. The van der Waals surface area contributed by atoms with Crippen molar-refractivity contribution in [3.63, 3.8) is 0 Å². The largest absolute Gasteiger partial charge is 0.495 e. The highest BCUT2D eigenvalue weighted by Gasteiger charge is 2.62. The van der Waals surface area contributed by atoms with Gasteiger partial charge < -0.3 is 14.7 Å². The maximum absolute atomic E-state index is 12.3. The number of ether oxygens (including phenoxy) is 1. The fourth-order valence-electron chi connectivity index (χ4n) is 7.74. The quantitative estimate of drug-likeness (QED) is 0.484. The van der Waals surface area contributed by atoms with Gasteiger partial charge in [0, 0.05) is 37.3 Å². The van der Waals surface area contributed by atoms with E-state index in [9.17, 15) is 9.90 Å². The molecule has 2 fully saturated rings. The number of rotatable bonds is 3. The third kappa shape index (κ3) is 4.34. The van der Waals surface area contributed by atoms with Crippen LogP contribution in [0, 0.1) is 34.5 Å². The van der Waals surface area contributed by atoms with Crippen molar-refractivity contribution in [1.82, 2.24) is 0 Å². The van der Waals surface area contributed by atoms with E-state index < -0.39 is 5.60 Å². The molecule has 1 aromatic carbocycles. The van der Waals surface area contributed by atoms with Crippen molar-refractivity contribution in [2.24, 2.45) is 22.7 Å². The van der Waals surface area contributed by atoms with Crippen LogP contribution in [0.15, 0.2) is 41.0 Å². The molecule has 37 heavy (non-hydrogen) atoms. The number of hydrogen-bond donors (Lipinski definition) is 1. The molecule has 5 atom stereocenters. The molecular weight excluding hydrogens is 458 g/mol. The Hall–Kier alpha value is -2.51. The summed E-state index contributed by atoms with van der Waals surface area (Å²) in [6, 6.07) is 6.61. The van der Waals surface area contributed by atoms with Crippen LogP contribution in [0.4, 0.5) is 5.69 Å². The number of carbonyl (C=O) groups is 1. The number of aliphatic hydroxyl groups is 1. The average molecular weight is 502 g/mol. The van der Waals surface area contributed by atoms with E-state index in [1.807, 2.05) is 20.2 Å². The summed E-state index contributed by atoms with van der Waals surface area (Å²) < 4.78 is 5.84. The Morgan fingerprint density at radius 1 is 1.14 bits per heavy atom. The smallest absolute Gasteiger partial charge is 0.156 e. The molecule has 1 N–H and O–H groups in total. The normalized spacial score (nSPS) is 33.0. The highest BCUT2D eigenvalue weighted by molar-refractivity contribution is 5.93. The zero-order valence-electron chi connectivity index (χ0n) is 23.7. The van der Waals surface area contributed by atoms with E-state index >= 15 is 0 Å². The van der Waals surface area contributed by atoms with Crippen LogP contribution in [0.3, 0.4) is 0 Å². The molecule has 198 valence electrons. The van der Waals surface area contributed by atoms with E-state index in [0.717, 1.165) is 50.0 Å². The summed E-state index contributed by atoms with van der Waals surface area (Å²) in [7, 11) is 5.81. The minimum absolute atomic E-state index is 0.153. The van der Waals surface area contributed by atoms with Crippen LogP contribution in [0.1, 0.15) is 84.1 Å². The first kappa shape index (κ1) is 26.1. The number of nitrogens with zero attached hydrogens (tertiary/aromatic N) is 1. The van der Waals surface area contributed by atoms with Crippen LogP contribution >= 0.6 is 0 Å². The molecule has 0 bridgehead atoms. The van der Waals surface area contributed by atoms with Crippen molar-refractivity contribution in [1.29, 1.82) is 0 Å². The molecule has 1 aromatic rings. The number of hydrogen-bond acceptors (Lipinski definition) is 4. The molecule has 0 spiro atoms. The molecule has 0 aromatic heterocycles. The summed E-state index contributed by atoms with van der Waals surface area (Å²) in [5.41, 5.74) is 5.06. The van der Waals surface area contributed by atoms with Crippen LogP contribution in [-0.4, -0.2) is 37.7 Å². The zero-order valence-corrected chi connectivity index (χ0v) is 23.7. The number of carbonyl (C=O) groups excluding carboxylic acids is 1. The van der Waals surface area contributed by atoms with E-state index in [0.29, 0.717) is 18.3 Å². The Balaban J connectivity index is 1.68. The molecule has 4 heteroatoms. The van der Waals surface area contributed by atoms with Gasteiger partial charge in [-0.15, -0.1) is 0 Å². The SMILES string of the molecule is COc1cc([C@H]2C[C@@]3(C)[C@@H](CC[C@@]3(O)C#CC(C)(C)C)[C@@H]3CCC4=CC(=O)CCC4=C32)ccc1N(C)C. The minimum atomic E-state index is -0.994. The first-order valence-corrected chi connectivity index (χ1v) is 14.0. The predicted molar refractivity (Wildman–Crippen MR) is 150 cm³/mol. The molecule has 2 saturated carbocycles. The summed E-state index contributed by atoms with van der Waals surface area (Å²) in [5.74, 6) is 8.92. The van der Waals surface area contributed by atoms with Crippen molar-refractivity contribution in [2.45, 2.75) is 84.2 Å². The lowest BCUT2D eigenvalue weighted by Gasteiger charge is -2.53. The van der Waals surface area contributed by atoms with Crippen molar-refractivity contribution in [3.05, 3.63) is 46.6 Å². The maximum atomic E-state index is 12.3. The molecule has 0 saturated heterocycles. The van der Waals surface area contributed by atoms with Crippen LogP contribution in [-0.2, 0) is 4.79 Å². The fourth-order valence-corrected chi connectivity index (χ4v) is 7.74. The lowest BCUT2D eigenvalue weighted by molar-refractivity contribution is -0.114. The summed E-state index contributed by atoms with van der Waals surface area (Å²) in [6.45, 7) is 8.64. The van der Waals surface area contributed by atoms with E-state index in [4.69, 9.17) is 4.74 Å². The van der Waals surface area contributed by atoms with Gasteiger partial charge in [-0.1, -0.05) is 30.4 Å². The molecule has 4 nitrogen and oxygen atoms in total. The first-order chi connectivity index (χ1) is 17.4. The Kier molecular flexibility index (Phi) is 6.39. The minimum Gasteiger partial charge on any atom is -0.495 e. The number of anilines is 1. The summed E-state index contributed by atoms with van der Waals surface area (Å²) in [6.07, 6.45) is 7.96. The van der Waals surface area contributed by atoms with E-state index in [-0.39, 0.29) is 22.5 Å².